The summed E-state index contributed by atoms with van der Waals surface area (Å²) in [6, 6.07) is 4.94. The molecule has 1 amide bonds. The van der Waals surface area contributed by atoms with E-state index in [1.54, 1.807) is 0 Å². The van der Waals surface area contributed by atoms with Gasteiger partial charge in [0.2, 0.25) is 15.9 Å². The smallest absolute Gasteiger partial charge is 0.270 e. The second-order valence-electron chi connectivity index (χ2n) is 4.97. The van der Waals surface area contributed by atoms with Gasteiger partial charge in [0.25, 0.3) is 5.69 Å². The van der Waals surface area contributed by atoms with Gasteiger partial charge in [-0.05, 0) is 6.07 Å². The zero-order chi connectivity index (χ0) is 17.0. The molecule has 1 heterocycles. The van der Waals surface area contributed by atoms with E-state index in [0.717, 1.165) is 6.07 Å². The molecule has 1 aliphatic heterocycles. The number of amides is 1. The van der Waals surface area contributed by atoms with Crippen LogP contribution in [0.3, 0.4) is 0 Å². The minimum absolute atomic E-state index is 0.0440. The molecule has 1 saturated heterocycles. The molecule has 0 aliphatic carbocycles. The fraction of sp³-hybridized carbons (Fsp3) is 0.462. The van der Waals surface area contributed by atoms with Crippen molar-refractivity contribution < 1.29 is 22.9 Å². The summed E-state index contributed by atoms with van der Waals surface area (Å²) in [6.45, 7) is 0.755. The van der Waals surface area contributed by atoms with Crippen LogP contribution >= 0.6 is 0 Å². The van der Waals surface area contributed by atoms with E-state index in [9.17, 15) is 23.3 Å². The van der Waals surface area contributed by atoms with Gasteiger partial charge < -0.3 is 9.64 Å². The Morgan fingerprint density at radius 3 is 2.52 bits per heavy atom. The zero-order valence-corrected chi connectivity index (χ0v) is 13.4. The molecule has 0 N–H and O–H groups in total. The second kappa shape index (κ2) is 7.02. The second-order valence-corrected chi connectivity index (χ2v) is 6.91. The summed E-state index contributed by atoms with van der Waals surface area (Å²) in [7, 11) is -2.40. The molecule has 10 heteroatoms. The summed E-state index contributed by atoms with van der Waals surface area (Å²) in [6.07, 6.45) is 0. The Labute approximate surface area is 133 Å². The van der Waals surface area contributed by atoms with Crippen LogP contribution in [0, 0.1) is 10.1 Å². The van der Waals surface area contributed by atoms with E-state index in [0.29, 0.717) is 0 Å². The van der Waals surface area contributed by atoms with Crippen molar-refractivity contribution in [3.8, 4) is 0 Å². The third-order valence-electron chi connectivity index (χ3n) is 3.53. The standard InChI is InChI=1S/C13H17N3O6S/c1-22-10-13(17)14-5-7-15(8-6-14)23(20,21)12-4-2-3-11(9-12)16(18)19/h2-4,9H,5-8,10H2,1H3. The number of ether oxygens (including phenoxy) is 1. The lowest BCUT2D eigenvalue weighted by atomic mass is 10.3. The van der Waals surface area contributed by atoms with Gasteiger partial charge in [-0.1, -0.05) is 6.07 Å². The number of nitrogens with zero attached hydrogens (tertiary/aromatic N) is 3. The third-order valence-corrected chi connectivity index (χ3v) is 5.42. The van der Waals surface area contributed by atoms with E-state index >= 15 is 0 Å². The molecule has 23 heavy (non-hydrogen) atoms. The largest absolute Gasteiger partial charge is 0.375 e. The number of carbonyl (C=O) groups excluding carboxylic acids is 1. The van der Waals surface area contributed by atoms with Crippen molar-refractivity contribution >= 4 is 21.6 Å². The maximum atomic E-state index is 12.5. The minimum atomic E-state index is -3.82. The zero-order valence-electron chi connectivity index (χ0n) is 12.5. The molecular weight excluding hydrogens is 326 g/mol. The van der Waals surface area contributed by atoms with Crippen LogP contribution in [0.5, 0.6) is 0 Å². The van der Waals surface area contributed by atoms with Gasteiger partial charge in [-0.2, -0.15) is 4.31 Å². The van der Waals surface area contributed by atoms with Crippen molar-refractivity contribution in [1.29, 1.82) is 0 Å². The first kappa shape index (κ1) is 17.3. The predicted molar refractivity (Wildman–Crippen MR) is 80.3 cm³/mol. The van der Waals surface area contributed by atoms with Gasteiger partial charge in [-0.25, -0.2) is 8.42 Å². The molecule has 0 bridgehead atoms. The van der Waals surface area contributed by atoms with Crippen molar-refractivity contribution in [2.45, 2.75) is 4.90 Å². The monoisotopic (exact) mass is 343 g/mol. The van der Waals surface area contributed by atoms with Gasteiger partial charge in [0.15, 0.2) is 0 Å². The summed E-state index contributed by atoms with van der Waals surface area (Å²) in [5.74, 6) is -0.195. The molecule has 2 rings (SSSR count). The van der Waals surface area contributed by atoms with E-state index in [1.165, 1.54) is 34.5 Å². The normalized spacial score (nSPS) is 16.3. The first-order valence-corrected chi connectivity index (χ1v) is 8.31. The number of rotatable bonds is 5. The van der Waals surface area contributed by atoms with E-state index in [2.05, 4.69) is 0 Å². The van der Waals surface area contributed by atoms with Gasteiger partial charge >= 0.3 is 0 Å². The maximum Gasteiger partial charge on any atom is 0.270 e. The van der Waals surface area contributed by atoms with E-state index < -0.39 is 14.9 Å². The summed E-state index contributed by atoms with van der Waals surface area (Å²) in [5, 5.41) is 10.8. The van der Waals surface area contributed by atoms with Crippen molar-refractivity contribution in [3.05, 3.63) is 34.4 Å². The van der Waals surface area contributed by atoms with Gasteiger partial charge in [-0.15, -0.1) is 0 Å². The average Bonchev–Trinajstić information content (AvgIpc) is 2.55. The van der Waals surface area contributed by atoms with Crippen LogP contribution in [0.1, 0.15) is 0 Å². The number of hydrogen-bond donors (Lipinski definition) is 0. The summed E-state index contributed by atoms with van der Waals surface area (Å²) in [4.78, 5) is 23.2. The summed E-state index contributed by atoms with van der Waals surface area (Å²) in [5.41, 5.74) is -0.278. The molecule has 1 aliphatic rings. The SMILES string of the molecule is COCC(=O)N1CCN(S(=O)(=O)c2cccc([N+](=O)[O-])c2)CC1. The van der Waals surface area contributed by atoms with E-state index in [1.807, 2.05) is 0 Å². The lowest BCUT2D eigenvalue weighted by Gasteiger charge is -2.33. The Morgan fingerprint density at radius 2 is 1.96 bits per heavy atom. The number of methoxy groups -OCH3 is 1. The van der Waals surface area contributed by atoms with Gasteiger partial charge in [0, 0.05) is 45.4 Å². The molecular formula is C13H17N3O6S. The number of nitro benzene ring substituents is 1. The Kier molecular flexibility index (Phi) is 5.29. The molecule has 0 aromatic heterocycles. The molecule has 0 atom stereocenters. The Hall–Kier alpha value is -2.04. The van der Waals surface area contributed by atoms with E-state index in [4.69, 9.17) is 4.74 Å². The van der Waals surface area contributed by atoms with Crippen molar-refractivity contribution in [1.82, 2.24) is 9.21 Å². The Bertz CT molecular complexity index is 697. The molecule has 0 spiro atoms. The van der Waals surface area contributed by atoms with E-state index in [-0.39, 0.29) is 49.3 Å². The first-order chi connectivity index (χ1) is 10.9. The lowest BCUT2D eigenvalue weighted by molar-refractivity contribution is -0.385. The van der Waals surface area contributed by atoms with Gasteiger partial charge in [0.1, 0.15) is 6.61 Å². The number of nitro groups is 1. The first-order valence-electron chi connectivity index (χ1n) is 6.87. The summed E-state index contributed by atoms with van der Waals surface area (Å²) < 4.78 is 31.1. The van der Waals surface area contributed by atoms with Crippen LogP contribution < -0.4 is 0 Å². The predicted octanol–water partition coefficient (Wildman–Crippen LogP) is 0.0741. The molecule has 9 nitrogen and oxygen atoms in total. The van der Waals surface area contributed by atoms with Crippen LogP contribution in [-0.2, 0) is 19.6 Å². The molecule has 0 unspecified atom stereocenters. The van der Waals surface area contributed by atoms with Crippen LogP contribution in [-0.4, -0.2) is 68.3 Å². The maximum absolute atomic E-state index is 12.5. The number of benzene rings is 1. The topological polar surface area (TPSA) is 110 Å². The number of non-ortho nitro benzene ring substituents is 1. The number of hydrogen-bond acceptors (Lipinski definition) is 6. The molecule has 1 aromatic carbocycles. The molecule has 126 valence electrons. The molecule has 0 saturated carbocycles. The van der Waals surface area contributed by atoms with Crippen LogP contribution in [0.15, 0.2) is 29.2 Å². The lowest BCUT2D eigenvalue weighted by Crippen LogP contribution is -2.51. The fourth-order valence-electron chi connectivity index (χ4n) is 2.30. The fourth-order valence-corrected chi connectivity index (χ4v) is 3.76. The van der Waals surface area contributed by atoms with Gasteiger partial charge in [0.05, 0.1) is 9.82 Å². The highest BCUT2D eigenvalue weighted by atomic mass is 32.2. The average molecular weight is 343 g/mol. The number of piperazine rings is 1. The quantitative estimate of drug-likeness (QED) is 0.553. The van der Waals surface area contributed by atoms with Crippen molar-refractivity contribution in [3.63, 3.8) is 0 Å². The minimum Gasteiger partial charge on any atom is -0.375 e. The molecule has 1 aromatic rings. The highest BCUT2D eigenvalue weighted by Gasteiger charge is 2.30. The molecule has 0 radical (unpaired) electrons. The Balaban J connectivity index is 2.12. The van der Waals surface area contributed by atoms with Crippen molar-refractivity contribution in [2.24, 2.45) is 0 Å². The Morgan fingerprint density at radius 1 is 1.30 bits per heavy atom. The number of sulfonamides is 1. The van der Waals surface area contributed by atoms with Crippen molar-refractivity contribution in [2.75, 3.05) is 39.9 Å². The van der Waals surface area contributed by atoms with Crippen LogP contribution in [0.2, 0.25) is 0 Å². The van der Waals surface area contributed by atoms with Crippen LogP contribution in [0.4, 0.5) is 5.69 Å². The third kappa shape index (κ3) is 3.84. The van der Waals surface area contributed by atoms with Gasteiger partial charge in [-0.3, -0.25) is 14.9 Å². The van der Waals surface area contributed by atoms with Crippen LogP contribution in [0.25, 0.3) is 0 Å². The number of carbonyl (C=O) groups is 1. The molecule has 1 fully saturated rings. The highest BCUT2D eigenvalue weighted by Crippen LogP contribution is 2.22. The summed E-state index contributed by atoms with van der Waals surface area (Å²) >= 11 is 0. The highest BCUT2D eigenvalue weighted by molar-refractivity contribution is 7.89.